The highest BCUT2D eigenvalue weighted by molar-refractivity contribution is 6.30. The number of fused-ring (bicyclic) bond motifs is 1. The Morgan fingerprint density at radius 2 is 2.18 bits per heavy atom. The van der Waals surface area contributed by atoms with Crippen molar-refractivity contribution < 1.29 is 9.53 Å². The summed E-state index contributed by atoms with van der Waals surface area (Å²) >= 11 is 5.93. The van der Waals surface area contributed by atoms with Gasteiger partial charge in [-0.3, -0.25) is 4.79 Å². The van der Waals surface area contributed by atoms with Gasteiger partial charge >= 0.3 is 0 Å². The van der Waals surface area contributed by atoms with E-state index in [4.69, 9.17) is 16.3 Å². The summed E-state index contributed by atoms with van der Waals surface area (Å²) in [4.78, 5) is 16.6. The second-order valence-electron chi connectivity index (χ2n) is 4.76. The van der Waals surface area contributed by atoms with E-state index in [1.54, 1.807) is 43.6 Å². The molecular formula is C16H14ClN3O2. The predicted molar refractivity (Wildman–Crippen MR) is 84.4 cm³/mol. The van der Waals surface area contributed by atoms with Crippen molar-refractivity contribution in [3.05, 3.63) is 65.1 Å². The zero-order valence-corrected chi connectivity index (χ0v) is 12.7. The van der Waals surface area contributed by atoms with E-state index in [2.05, 4.69) is 10.3 Å². The monoisotopic (exact) mass is 315 g/mol. The number of imidazole rings is 1. The molecule has 0 radical (unpaired) electrons. The molecule has 0 unspecified atom stereocenters. The summed E-state index contributed by atoms with van der Waals surface area (Å²) in [5.41, 5.74) is 2.10. The maximum atomic E-state index is 12.1. The normalized spacial score (nSPS) is 10.6. The molecule has 0 saturated heterocycles. The maximum absolute atomic E-state index is 12.1. The maximum Gasteiger partial charge on any atom is 0.251 e. The van der Waals surface area contributed by atoms with Crippen LogP contribution in [0.4, 0.5) is 0 Å². The first-order chi connectivity index (χ1) is 10.7. The molecule has 112 valence electrons. The van der Waals surface area contributed by atoms with E-state index in [-0.39, 0.29) is 5.91 Å². The molecular weight excluding hydrogens is 302 g/mol. The minimum Gasteiger partial charge on any atom is -0.497 e. The number of carbonyl (C=O) groups excluding carboxylic acids is 1. The van der Waals surface area contributed by atoms with Crippen LogP contribution in [0.15, 0.2) is 48.8 Å². The number of amides is 1. The van der Waals surface area contributed by atoms with Crippen LogP contribution < -0.4 is 10.1 Å². The minimum atomic E-state index is -0.172. The fourth-order valence-corrected chi connectivity index (χ4v) is 2.31. The van der Waals surface area contributed by atoms with Gasteiger partial charge in [0.05, 0.1) is 24.4 Å². The lowest BCUT2D eigenvalue weighted by Crippen LogP contribution is -2.22. The third kappa shape index (κ3) is 3.04. The average Bonchev–Trinajstić information content (AvgIpc) is 2.94. The van der Waals surface area contributed by atoms with Crippen LogP contribution in [0.1, 0.15) is 16.1 Å². The van der Waals surface area contributed by atoms with Gasteiger partial charge in [0, 0.05) is 18.0 Å². The smallest absolute Gasteiger partial charge is 0.251 e. The van der Waals surface area contributed by atoms with Crippen molar-refractivity contribution in [2.75, 3.05) is 7.11 Å². The Bertz CT molecular complexity index is 829. The van der Waals surface area contributed by atoms with Crippen LogP contribution >= 0.6 is 11.6 Å². The fourth-order valence-electron chi connectivity index (χ4n) is 2.14. The van der Waals surface area contributed by atoms with Gasteiger partial charge in [-0.05, 0) is 30.3 Å². The van der Waals surface area contributed by atoms with Gasteiger partial charge in [0.15, 0.2) is 0 Å². The highest BCUT2D eigenvalue weighted by Gasteiger charge is 2.08. The molecule has 2 aromatic heterocycles. The summed E-state index contributed by atoms with van der Waals surface area (Å²) in [5, 5.41) is 3.47. The van der Waals surface area contributed by atoms with Gasteiger partial charge in [0.1, 0.15) is 11.4 Å². The molecule has 6 heteroatoms. The first-order valence-electron chi connectivity index (χ1n) is 6.71. The Balaban J connectivity index is 1.71. The molecule has 2 heterocycles. The number of methoxy groups -OCH3 is 1. The Kier molecular flexibility index (Phi) is 3.98. The second kappa shape index (κ2) is 6.07. The summed E-state index contributed by atoms with van der Waals surface area (Å²) in [6.07, 6.45) is 3.62. The number of benzene rings is 1. The summed E-state index contributed by atoms with van der Waals surface area (Å²) in [6.45, 7) is 0.343. The van der Waals surface area contributed by atoms with Gasteiger partial charge in [0.2, 0.25) is 0 Å². The number of pyridine rings is 1. The van der Waals surface area contributed by atoms with Crippen molar-refractivity contribution in [3.8, 4) is 5.75 Å². The molecule has 0 fully saturated rings. The molecule has 0 bridgehead atoms. The highest BCUT2D eigenvalue weighted by atomic mass is 35.5. The third-order valence-electron chi connectivity index (χ3n) is 3.23. The summed E-state index contributed by atoms with van der Waals surface area (Å²) in [6, 6.07) is 10.6. The molecule has 0 spiro atoms. The lowest BCUT2D eigenvalue weighted by Gasteiger charge is -2.05. The summed E-state index contributed by atoms with van der Waals surface area (Å²) in [7, 11) is 1.57. The van der Waals surface area contributed by atoms with Crippen LogP contribution in [-0.2, 0) is 6.54 Å². The molecule has 0 aliphatic carbocycles. The fraction of sp³-hybridized carbons (Fsp3) is 0.125. The first kappa shape index (κ1) is 14.4. The van der Waals surface area contributed by atoms with Gasteiger partial charge in [0.25, 0.3) is 5.91 Å². The lowest BCUT2D eigenvalue weighted by molar-refractivity contribution is 0.0950. The first-order valence-corrected chi connectivity index (χ1v) is 7.09. The summed E-state index contributed by atoms with van der Waals surface area (Å²) in [5.74, 6) is 0.476. The highest BCUT2D eigenvalue weighted by Crippen LogP contribution is 2.13. The van der Waals surface area contributed by atoms with Crippen LogP contribution in [0.5, 0.6) is 5.75 Å². The average molecular weight is 316 g/mol. The molecule has 0 aliphatic heterocycles. The molecule has 1 amide bonds. The topological polar surface area (TPSA) is 55.6 Å². The lowest BCUT2D eigenvalue weighted by atomic mass is 10.2. The summed E-state index contributed by atoms with van der Waals surface area (Å²) < 4.78 is 6.94. The van der Waals surface area contributed by atoms with Crippen molar-refractivity contribution in [1.82, 2.24) is 14.7 Å². The molecule has 1 N–H and O–H groups in total. The molecule has 0 atom stereocenters. The van der Waals surface area contributed by atoms with Gasteiger partial charge in [-0.25, -0.2) is 4.98 Å². The van der Waals surface area contributed by atoms with Crippen molar-refractivity contribution in [3.63, 3.8) is 0 Å². The van der Waals surface area contributed by atoms with E-state index in [9.17, 15) is 4.79 Å². The van der Waals surface area contributed by atoms with Crippen LogP contribution in [-0.4, -0.2) is 22.4 Å². The van der Waals surface area contributed by atoms with E-state index in [0.29, 0.717) is 22.9 Å². The number of nitrogens with zero attached hydrogens (tertiary/aromatic N) is 2. The van der Waals surface area contributed by atoms with Gasteiger partial charge in [-0.1, -0.05) is 17.7 Å². The number of halogens is 1. The molecule has 5 nitrogen and oxygen atoms in total. The van der Waals surface area contributed by atoms with Crippen molar-refractivity contribution in [2.24, 2.45) is 0 Å². The molecule has 3 rings (SSSR count). The minimum absolute atomic E-state index is 0.172. The number of ether oxygens (including phenoxy) is 1. The second-order valence-corrected chi connectivity index (χ2v) is 5.20. The zero-order valence-electron chi connectivity index (χ0n) is 11.9. The number of aromatic nitrogens is 2. The van der Waals surface area contributed by atoms with Crippen LogP contribution in [0.2, 0.25) is 5.02 Å². The Morgan fingerprint density at radius 1 is 1.32 bits per heavy atom. The molecule has 22 heavy (non-hydrogen) atoms. The van der Waals surface area contributed by atoms with Gasteiger partial charge in [-0.15, -0.1) is 0 Å². The van der Waals surface area contributed by atoms with Gasteiger partial charge < -0.3 is 14.5 Å². The number of rotatable bonds is 4. The van der Waals surface area contributed by atoms with Crippen molar-refractivity contribution in [2.45, 2.75) is 6.54 Å². The Labute approximate surface area is 132 Å². The third-order valence-corrected chi connectivity index (χ3v) is 3.45. The zero-order chi connectivity index (χ0) is 15.5. The largest absolute Gasteiger partial charge is 0.497 e. The number of hydrogen-bond acceptors (Lipinski definition) is 3. The van der Waals surface area contributed by atoms with Crippen molar-refractivity contribution in [1.29, 1.82) is 0 Å². The standard InChI is InChI=1S/C16H14ClN3O2/c1-22-14-4-2-3-11(7-14)16(21)18-8-13-10-20-9-12(17)5-6-15(20)19-13/h2-7,9-10H,8H2,1H3,(H,18,21). The van der Waals surface area contributed by atoms with Crippen LogP contribution in [0.25, 0.3) is 5.65 Å². The van der Waals surface area contributed by atoms with Crippen molar-refractivity contribution >= 4 is 23.2 Å². The molecule has 0 aliphatic rings. The predicted octanol–water partition coefficient (Wildman–Crippen LogP) is 2.93. The van der Waals surface area contributed by atoms with E-state index in [1.165, 1.54) is 0 Å². The van der Waals surface area contributed by atoms with Gasteiger partial charge in [-0.2, -0.15) is 0 Å². The molecule has 1 aromatic carbocycles. The Hall–Kier alpha value is -2.53. The van der Waals surface area contributed by atoms with E-state index >= 15 is 0 Å². The number of carbonyl (C=O) groups is 1. The van der Waals surface area contributed by atoms with Crippen LogP contribution in [0.3, 0.4) is 0 Å². The SMILES string of the molecule is COc1cccc(C(=O)NCc2cn3cc(Cl)ccc3n2)c1. The van der Waals surface area contributed by atoms with Crippen LogP contribution in [0, 0.1) is 0 Å². The number of hydrogen-bond donors (Lipinski definition) is 1. The Morgan fingerprint density at radius 3 is 3.00 bits per heavy atom. The number of nitrogens with one attached hydrogen (secondary N) is 1. The molecule has 3 aromatic rings. The van der Waals surface area contributed by atoms with E-state index in [0.717, 1.165) is 11.3 Å². The van der Waals surface area contributed by atoms with E-state index < -0.39 is 0 Å². The van der Waals surface area contributed by atoms with E-state index in [1.807, 2.05) is 16.7 Å². The quantitative estimate of drug-likeness (QED) is 0.805. The molecule has 0 saturated carbocycles.